The summed E-state index contributed by atoms with van der Waals surface area (Å²) >= 11 is 0. The average Bonchev–Trinajstić information content (AvgIpc) is 3.14. The molecule has 2 aromatic carbocycles. The Bertz CT molecular complexity index is 1360. The molecule has 4 rings (SSSR count). The zero-order valence-electron chi connectivity index (χ0n) is 18.6. The number of halogens is 1. The van der Waals surface area contributed by atoms with E-state index in [1.165, 1.54) is 30.5 Å². The Morgan fingerprint density at radius 3 is 2.44 bits per heavy atom. The molecule has 0 fully saturated rings. The highest BCUT2D eigenvalue weighted by atomic mass is 19.1. The lowest BCUT2D eigenvalue weighted by Crippen LogP contribution is -2.24. The van der Waals surface area contributed by atoms with Crippen LogP contribution in [0.5, 0.6) is 11.5 Å². The quantitative estimate of drug-likeness (QED) is 0.244. The van der Waals surface area contributed by atoms with Gasteiger partial charge in [0.15, 0.2) is 6.61 Å². The Balaban J connectivity index is 1.50. The monoisotopic (exact) mass is 459 g/mol. The number of fused-ring (bicyclic) bond motifs is 1. The highest BCUT2D eigenvalue weighted by Gasteiger charge is 2.21. The maximum absolute atomic E-state index is 13.3. The van der Waals surface area contributed by atoms with Crippen molar-refractivity contribution in [3.63, 3.8) is 0 Å². The van der Waals surface area contributed by atoms with Crippen LogP contribution in [0.25, 0.3) is 5.52 Å². The standard InChI is InChI=1S/C26H22FN3O4/c1-17-22(15-28-29-24(31)16-34-21-12-10-20(33-2)11-13-21)23-5-3-4-14-30(23)25(17)26(32)18-6-8-19(27)9-7-18/h3-15H,16H2,1-2H3,(H,29,31)/b28-15+. The summed E-state index contributed by atoms with van der Waals surface area (Å²) in [4.78, 5) is 25.3. The Morgan fingerprint density at radius 1 is 1.03 bits per heavy atom. The number of hydrogen-bond donors (Lipinski definition) is 1. The first-order valence-electron chi connectivity index (χ1n) is 10.5. The molecule has 0 bridgehead atoms. The number of aromatic nitrogens is 1. The van der Waals surface area contributed by atoms with Gasteiger partial charge in [0.2, 0.25) is 5.78 Å². The molecule has 2 aromatic heterocycles. The van der Waals surface area contributed by atoms with E-state index in [1.54, 1.807) is 48.9 Å². The maximum atomic E-state index is 13.3. The SMILES string of the molecule is COc1ccc(OCC(=O)N/N=C/c2c(C)c(C(=O)c3ccc(F)cc3)n3ccccc23)cc1. The molecule has 0 unspecified atom stereocenters. The van der Waals surface area contributed by atoms with Gasteiger partial charge in [-0.2, -0.15) is 5.10 Å². The lowest BCUT2D eigenvalue weighted by atomic mass is 10.0. The molecule has 0 atom stereocenters. The molecule has 0 aliphatic heterocycles. The molecule has 0 saturated carbocycles. The molecule has 1 N–H and O–H groups in total. The Kier molecular flexibility index (Phi) is 6.68. The highest BCUT2D eigenvalue weighted by Crippen LogP contribution is 2.24. The predicted molar refractivity (Wildman–Crippen MR) is 126 cm³/mol. The number of pyridine rings is 1. The van der Waals surface area contributed by atoms with E-state index in [-0.39, 0.29) is 12.4 Å². The Labute approximate surface area is 195 Å². The van der Waals surface area contributed by atoms with Crippen molar-refractivity contribution >= 4 is 23.4 Å². The van der Waals surface area contributed by atoms with Crippen molar-refractivity contribution in [3.8, 4) is 11.5 Å². The van der Waals surface area contributed by atoms with Gasteiger partial charge in [-0.1, -0.05) is 6.07 Å². The normalized spacial score (nSPS) is 11.0. The molecule has 0 aliphatic rings. The molecule has 4 aromatic rings. The number of benzene rings is 2. The van der Waals surface area contributed by atoms with Gasteiger partial charge < -0.3 is 13.9 Å². The van der Waals surface area contributed by atoms with Crippen molar-refractivity contribution in [2.24, 2.45) is 5.10 Å². The molecule has 1 amide bonds. The van der Waals surface area contributed by atoms with Crippen LogP contribution < -0.4 is 14.9 Å². The molecule has 0 saturated heterocycles. The van der Waals surface area contributed by atoms with E-state index in [0.29, 0.717) is 33.9 Å². The molecule has 172 valence electrons. The molecule has 8 heteroatoms. The fourth-order valence-electron chi connectivity index (χ4n) is 3.56. The average molecular weight is 459 g/mol. The van der Waals surface area contributed by atoms with Crippen LogP contribution in [0, 0.1) is 12.7 Å². The maximum Gasteiger partial charge on any atom is 0.277 e. The van der Waals surface area contributed by atoms with Crippen LogP contribution in [0.4, 0.5) is 4.39 Å². The second kappa shape index (κ2) is 9.99. The second-order valence-corrected chi connectivity index (χ2v) is 7.44. The second-order valence-electron chi connectivity index (χ2n) is 7.44. The lowest BCUT2D eigenvalue weighted by Gasteiger charge is -2.05. The number of hydrazone groups is 1. The molecule has 2 heterocycles. The summed E-state index contributed by atoms with van der Waals surface area (Å²) in [5, 5.41) is 4.05. The molecular formula is C26H22FN3O4. The smallest absolute Gasteiger partial charge is 0.277 e. The van der Waals surface area contributed by atoms with Crippen LogP contribution in [0.15, 0.2) is 78.0 Å². The molecule has 34 heavy (non-hydrogen) atoms. The Hall–Kier alpha value is -4.46. The van der Waals surface area contributed by atoms with Gasteiger partial charge in [-0.05, 0) is 73.2 Å². The minimum atomic E-state index is -0.434. The van der Waals surface area contributed by atoms with E-state index in [1.807, 2.05) is 18.2 Å². The number of methoxy groups -OCH3 is 1. The van der Waals surface area contributed by atoms with Crippen LogP contribution in [0.1, 0.15) is 27.2 Å². The number of ketones is 1. The summed E-state index contributed by atoms with van der Waals surface area (Å²) in [5.74, 6) is 0.131. The van der Waals surface area contributed by atoms with Crippen LogP contribution in [0.2, 0.25) is 0 Å². The van der Waals surface area contributed by atoms with Gasteiger partial charge in [0, 0.05) is 17.3 Å². The van der Waals surface area contributed by atoms with Crippen LogP contribution in [-0.4, -0.2) is 36.0 Å². The van der Waals surface area contributed by atoms with Crippen molar-refractivity contribution in [2.45, 2.75) is 6.92 Å². The zero-order chi connectivity index (χ0) is 24.1. The summed E-state index contributed by atoms with van der Waals surface area (Å²) < 4.78 is 25.6. The molecule has 0 aliphatic carbocycles. The van der Waals surface area contributed by atoms with Crippen molar-refractivity contribution in [1.82, 2.24) is 9.83 Å². The fourth-order valence-corrected chi connectivity index (χ4v) is 3.56. The van der Waals surface area contributed by atoms with E-state index in [4.69, 9.17) is 9.47 Å². The van der Waals surface area contributed by atoms with Crippen molar-refractivity contribution in [2.75, 3.05) is 13.7 Å². The summed E-state index contributed by atoms with van der Waals surface area (Å²) in [5.41, 5.74) is 5.37. The van der Waals surface area contributed by atoms with Crippen LogP contribution >= 0.6 is 0 Å². The minimum absolute atomic E-state index is 0.215. The Morgan fingerprint density at radius 2 is 1.74 bits per heavy atom. The summed E-state index contributed by atoms with van der Waals surface area (Å²) in [6, 6.07) is 17.8. The molecule has 0 spiro atoms. The van der Waals surface area contributed by atoms with Crippen LogP contribution in [0.3, 0.4) is 0 Å². The van der Waals surface area contributed by atoms with E-state index < -0.39 is 11.7 Å². The van der Waals surface area contributed by atoms with Gasteiger partial charge in [0.25, 0.3) is 5.91 Å². The largest absolute Gasteiger partial charge is 0.497 e. The third-order valence-electron chi connectivity index (χ3n) is 5.27. The number of amides is 1. The third kappa shape index (κ3) is 4.80. The molecule has 7 nitrogen and oxygen atoms in total. The van der Waals surface area contributed by atoms with Gasteiger partial charge in [0.05, 0.1) is 24.5 Å². The third-order valence-corrected chi connectivity index (χ3v) is 5.27. The number of rotatable bonds is 8. The van der Waals surface area contributed by atoms with Gasteiger partial charge in [-0.3, -0.25) is 9.59 Å². The van der Waals surface area contributed by atoms with Crippen LogP contribution in [-0.2, 0) is 4.79 Å². The zero-order valence-corrected chi connectivity index (χ0v) is 18.6. The van der Waals surface area contributed by atoms with Gasteiger partial charge in [-0.15, -0.1) is 0 Å². The first-order valence-corrected chi connectivity index (χ1v) is 10.5. The predicted octanol–water partition coefficient (Wildman–Crippen LogP) is 4.16. The lowest BCUT2D eigenvalue weighted by molar-refractivity contribution is -0.123. The summed E-state index contributed by atoms with van der Waals surface area (Å²) in [7, 11) is 1.57. The summed E-state index contributed by atoms with van der Waals surface area (Å²) in [6.45, 7) is 1.59. The van der Waals surface area contributed by atoms with Gasteiger partial charge in [-0.25, -0.2) is 9.82 Å². The van der Waals surface area contributed by atoms with Crippen molar-refractivity contribution in [1.29, 1.82) is 0 Å². The van der Waals surface area contributed by atoms with Crippen molar-refractivity contribution < 1.29 is 23.5 Å². The van der Waals surface area contributed by atoms with E-state index >= 15 is 0 Å². The molecule has 0 radical (unpaired) electrons. The van der Waals surface area contributed by atoms with Gasteiger partial charge in [0.1, 0.15) is 17.3 Å². The number of carbonyl (C=O) groups excluding carboxylic acids is 2. The fraction of sp³-hybridized carbons (Fsp3) is 0.115. The van der Waals surface area contributed by atoms with Crippen molar-refractivity contribution in [3.05, 3.63) is 101 Å². The first kappa shape index (κ1) is 22.7. The number of carbonyl (C=O) groups is 2. The van der Waals surface area contributed by atoms with E-state index in [2.05, 4.69) is 10.5 Å². The first-order chi connectivity index (χ1) is 16.5. The number of ether oxygens (including phenoxy) is 2. The molecular weight excluding hydrogens is 437 g/mol. The minimum Gasteiger partial charge on any atom is -0.497 e. The number of nitrogens with one attached hydrogen (secondary N) is 1. The topological polar surface area (TPSA) is 81.4 Å². The highest BCUT2D eigenvalue weighted by molar-refractivity contribution is 6.12. The van der Waals surface area contributed by atoms with E-state index in [0.717, 1.165) is 5.52 Å². The van der Waals surface area contributed by atoms with E-state index in [9.17, 15) is 14.0 Å². The van der Waals surface area contributed by atoms with Gasteiger partial charge >= 0.3 is 0 Å². The number of nitrogens with zero attached hydrogens (tertiary/aromatic N) is 2. The summed E-state index contributed by atoms with van der Waals surface area (Å²) in [6.07, 6.45) is 3.27. The number of hydrogen-bond acceptors (Lipinski definition) is 5.